The van der Waals surface area contributed by atoms with E-state index in [4.69, 9.17) is 10.5 Å². The van der Waals surface area contributed by atoms with Gasteiger partial charge >= 0.3 is 5.97 Å². The molecule has 0 fully saturated rings. The summed E-state index contributed by atoms with van der Waals surface area (Å²) in [5.41, 5.74) is 7.19. The fourth-order valence-corrected chi connectivity index (χ4v) is 1.61. The molecule has 2 N–H and O–H groups in total. The number of hydrogen-bond acceptors (Lipinski definition) is 4. The lowest BCUT2D eigenvalue weighted by atomic mass is 10.1. The van der Waals surface area contributed by atoms with E-state index < -0.39 is 0 Å². The van der Waals surface area contributed by atoms with Crippen molar-refractivity contribution in [3.8, 4) is 0 Å². The second kappa shape index (κ2) is 7.41. The van der Waals surface area contributed by atoms with Crippen LogP contribution in [-0.4, -0.2) is 37.0 Å². The minimum atomic E-state index is -0.290. The first kappa shape index (κ1) is 15.0. The van der Waals surface area contributed by atoms with Crippen LogP contribution in [0, 0.1) is 0 Å². The number of carbonyl (C=O) groups excluding carboxylic acids is 2. The largest absolute Gasteiger partial charge is 0.466 e. The molecule has 0 heterocycles. The van der Waals surface area contributed by atoms with Crippen molar-refractivity contribution < 1.29 is 14.3 Å². The number of ether oxygens (including phenoxy) is 1. The number of nitrogen functional groups attached to an aromatic ring is 1. The van der Waals surface area contributed by atoms with Crippen LogP contribution < -0.4 is 5.73 Å². The van der Waals surface area contributed by atoms with E-state index in [1.165, 1.54) is 4.90 Å². The highest BCUT2D eigenvalue weighted by molar-refractivity contribution is 5.80. The Hall–Kier alpha value is -2.04. The molecule has 1 amide bonds. The molecule has 19 heavy (non-hydrogen) atoms. The zero-order chi connectivity index (χ0) is 14.3. The first-order valence-electron chi connectivity index (χ1n) is 6.27. The van der Waals surface area contributed by atoms with Crippen LogP contribution in [0.25, 0.3) is 0 Å². The number of esters is 1. The molecule has 0 aliphatic heterocycles. The third kappa shape index (κ3) is 4.99. The van der Waals surface area contributed by atoms with Gasteiger partial charge in [-0.05, 0) is 18.6 Å². The van der Waals surface area contributed by atoms with Gasteiger partial charge in [0, 0.05) is 19.3 Å². The van der Waals surface area contributed by atoms with Crippen LogP contribution >= 0.6 is 0 Å². The van der Waals surface area contributed by atoms with Crippen molar-refractivity contribution in [2.24, 2.45) is 0 Å². The molecule has 0 radical (unpaired) electrons. The number of hydrogen-bond donors (Lipinski definition) is 1. The van der Waals surface area contributed by atoms with Gasteiger partial charge in [0.25, 0.3) is 0 Å². The van der Waals surface area contributed by atoms with Gasteiger partial charge in [0.1, 0.15) is 0 Å². The second-order valence-corrected chi connectivity index (χ2v) is 4.25. The lowest BCUT2D eigenvalue weighted by Crippen LogP contribution is -2.30. The van der Waals surface area contributed by atoms with E-state index in [1.54, 1.807) is 20.0 Å². The molecule has 0 saturated carbocycles. The number of amides is 1. The van der Waals surface area contributed by atoms with Crippen LogP contribution in [-0.2, 0) is 20.7 Å². The SMILES string of the molecule is CCOC(=O)CCN(C)C(=O)Cc1ccccc1N. The van der Waals surface area contributed by atoms with Gasteiger partial charge in [-0.15, -0.1) is 0 Å². The lowest BCUT2D eigenvalue weighted by Gasteiger charge is -2.17. The summed E-state index contributed by atoms with van der Waals surface area (Å²) in [7, 11) is 1.67. The molecule has 0 aliphatic rings. The highest BCUT2D eigenvalue weighted by Crippen LogP contribution is 2.12. The molecule has 0 saturated heterocycles. The molecule has 1 aromatic carbocycles. The van der Waals surface area contributed by atoms with Gasteiger partial charge < -0.3 is 15.4 Å². The Morgan fingerprint density at radius 3 is 2.63 bits per heavy atom. The van der Waals surface area contributed by atoms with Crippen LogP contribution in [0.5, 0.6) is 0 Å². The number of rotatable bonds is 6. The topological polar surface area (TPSA) is 72.6 Å². The van der Waals surface area contributed by atoms with E-state index in [-0.39, 0.29) is 24.7 Å². The van der Waals surface area contributed by atoms with E-state index in [1.807, 2.05) is 18.2 Å². The van der Waals surface area contributed by atoms with Crippen molar-refractivity contribution in [1.82, 2.24) is 4.90 Å². The summed E-state index contributed by atoms with van der Waals surface area (Å²) in [5, 5.41) is 0. The third-order valence-corrected chi connectivity index (χ3v) is 2.78. The van der Waals surface area contributed by atoms with Crippen molar-refractivity contribution in [3.63, 3.8) is 0 Å². The van der Waals surface area contributed by atoms with Crippen LogP contribution in [0.3, 0.4) is 0 Å². The molecule has 1 aromatic rings. The minimum Gasteiger partial charge on any atom is -0.466 e. The number of likely N-dealkylation sites (N-methyl/N-ethyl adjacent to an activating group) is 1. The molecule has 0 aromatic heterocycles. The molecule has 5 nitrogen and oxygen atoms in total. The van der Waals surface area contributed by atoms with E-state index in [9.17, 15) is 9.59 Å². The quantitative estimate of drug-likeness (QED) is 0.619. The molecule has 1 rings (SSSR count). The van der Waals surface area contributed by atoms with E-state index in [0.29, 0.717) is 18.8 Å². The number of nitrogens with zero attached hydrogens (tertiary/aromatic N) is 1. The third-order valence-electron chi connectivity index (χ3n) is 2.78. The van der Waals surface area contributed by atoms with E-state index in [0.717, 1.165) is 5.56 Å². The lowest BCUT2D eigenvalue weighted by molar-refractivity contribution is -0.143. The summed E-state index contributed by atoms with van der Waals surface area (Å²) < 4.78 is 4.81. The maximum atomic E-state index is 12.0. The van der Waals surface area contributed by atoms with Crippen molar-refractivity contribution in [2.45, 2.75) is 19.8 Å². The number of anilines is 1. The van der Waals surface area contributed by atoms with Crippen LogP contribution in [0.4, 0.5) is 5.69 Å². The molecule has 0 unspecified atom stereocenters. The average Bonchev–Trinajstić information content (AvgIpc) is 2.39. The molecule has 5 heteroatoms. The van der Waals surface area contributed by atoms with E-state index >= 15 is 0 Å². The van der Waals surface area contributed by atoms with Crippen molar-refractivity contribution in [2.75, 3.05) is 25.9 Å². The van der Waals surface area contributed by atoms with Crippen LogP contribution in [0.15, 0.2) is 24.3 Å². The predicted octanol–water partition coefficient (Wildman–Crippen LogP) is 1.22. The maximum absolute atomic E-state index is 12.0. The molecule has 104 valence electrons. The van der Waals surface area contributed by atoms with Gasteiger partial charge in [0.2, 0.25) is 5.91 Å². The van der Waals surface area contributed by atoms with Gasteiger partial charge in [-0.2, -0.15) is 0 Å². The summed E-state index contributed by atoms with van der Waals surface area (Å²) in [6, 6.07) is 7.26. The molecular formula is C14H20N2O3. The molecule has 0 atom stereocenters. The zero-order valence-corrected chi connectivity index (χ0v) is 11.4. The zero-order valence-electron chi connectivity index (χ0n) is 11.4. The van der Waals surface area contributed by atoms with Gasteiger partial charge in [-0.25, -0.2) is 0 Å². The number of carbonyl (C=O) groups is 2. The van der Waals surface area contributed by atoms with Crippen LogP contribution in [0.1, 0.15) is 18.9 Å². The first-order chi connectivity index (χ1) is 9.04. The smallest absolute Gasteiger partial charge is 0.307 e. The summed E-state index contributed by atoms with van der Waals surface area (Å²) in [5.74, 6) is -0.358. The molecule has 0 bridgehead atoms. The van der Waals surface area contributed by atoms with E-state index in [2.05, 4.69) is 0 Å². The summed E-state index contributed by atoms with van der Waals surface area (Å²) in [4.78, 5) is 24.7. The standard InChI is InChI=1S/C14H20N2O3/c1-3-19-14(18)8-9-16(2)13(17)10-11-6-4-5-7-12(11)15/h4-7H,3,8-10,15H2,1-2H3. The predicted molar refractivity (Wildman–Crippen MR) is 73.4 cm³/mol. The van der Waals surface area contributed by atoms with Gasteiger partial charge in [0.05, 0.1) is 19.4 Å². The van der Waals surface area contributed by atoms with Gasteiger partial charge in [-0.3, -0.25) is 9.59 Å². The highest BCUT2D eigenvalue weighted by atomic mass is 16.5. The normalized spacial score (nSPS) is 10.0. The molecule has 0 aliphatic carbocycles. The fourth-order valence-electron chi connectivity index (χ4n) is 1.61. The average molecular weight is 264 g/mol. The monoisotopic (exact) mass is 264 g/mol. The number of para-hydroxylation sites is 1. The Bertz CT molecular complexity index is 446. The second-order valence-electron chi connectivity index (χ2n) is 4.25. The Morgan fingerprint density at radius 2 is 2.00 bits per heavy atom. The van der Waals surface area contributed by atoms with Crippen LogP contribution in [0.2, 0.25) is 0 Å². The van der Waals surface area contributed by atoms with Gasteiger partial charge in [-0.1, -0.05) is 18.2 Å². The minimum absolute atomic E-state index is 0.0674. The maximum Gasteiger partial charge on any atom is 0.307 e. The van der Waals surface area contributed by atoms with Crippen molar-refractivity contribution >= 4 is 17.6 Å². The Labute approximate surface area is 113 Å². The Morgan fingerprint density at radius 1 is 1.32 bits per heavy atom. The van der Waals surface area contributed by atoms with Crippen molar-refractivity contribution in [3.05, 3.63) is 29.8 Å². The molecular weight excluding hydrogens is 244 g/mol. The highest BCUT2D eigenvalue weighted by Gasteiger charge is 2.12. The summed E-state index contributed by atoms with van der Waals surface area (Å²) in [6.45, 7) is 2.46. The summed E-state index contributed by atoms with van der Waals surface area (Å²) in [6.07, 6.45) is 0.451. The fraction of sp³-hybridized carbons (Fsp3) is 0.429. The number of nitrogens with two attached hydrogens (primary N) is 1. The van der Waals surface area contributed by atoms with Crippen molar-refractivity contribution in [1.29, 1.82) is 0 Å². The molecule has 0 spiro atoms. The number of benzene rings is 1. The first-order valence-corrected chi connectivity index (χ1v) is 6.27. The Balaban J connectivity index is 2.45. The Kier molecular flexibility index (Phi) is 5.85. The van der Waals surface area contributed by atoms with Gasteiger partial charge in [0.15, 0.2) is 0 Å². The summed E-state index contributed by atoms with van der Waals surface area (Å²) >= 11 is 0.